The van der Waals surface area contributed by atoms with Gasteiger partial charge in [-0.25, -0.2) is 4.98 Å². The zero-order chi connectivity index (χ0) is 25.7. The van der Waals surface area contributed by atoms with Crippen molar-refractivity contribution in [2.75, 3.05) is 20.3 Å². The molecule has 3 aromatic rings. The second-order valence-electron chi connectivity index (χ2n) is 7.62. The highest BCUT2D eigenvalue weighted by Gasteiger charge is 2.34. The second kappa shape index (κ2) is 10.9. The van der Waals surface area contributed by atoms with E-state index in [9.17, 15) is 19.7 Å². The fourth-order valence-electron chi connectivity index (χ4n) is 3.32. The number of carbonyl (C=O) groups excluding carboxylic acids is 2. The number of benzene rings is 2. The number of hydrogen-bond acceptors (Lipinski definition) is 9. The molecule has 2 amide bonds. The Morgan fingerprint density at radius 2 is 1.94 bits per heavy atom. The Morgan fingerprint density at radius 1 is 1.11 bits per heavy atom. The maximum absolute atomic E-state index is 12.8. The number of rotatable bonds is 9. The number of methoxy groups -OCH3 is 1. The summed E-state index contributed by atoms with van der Waals surface area (Å²) in [5.41, 5.74) is 1.52. The van der Waals surface area contributed by atoms with Gasteiger partial charge in [0.1, 0.15) is 18.6 Å². The molecule has 1 aliphatic rings. The molecule has 10 nitrogen and oxygen atoms in total. The smallest absolute Gasteiger partial charge is 0.293 e. The molecule has 0 aliphatic carbocycles. The quantitative estimate of drug-likeness (QED) is 0.218. The molecule has 2 heterocycles. The summed E-state index contributed by atoms with van der Waals surface area (Å²) >= 11 is 0.855. The molecular formula is C25H21N3O7S. The highest BCUT2D eigenvalue weighted by atomic mass is 32.2. The number of pyridine rings is 1. The maximum Gasteiger partial charge on any atom is 0.293 e. The monoisotopic (exact) mass is 507 g/mol. The van der Waals surface area contributed by atoms with Gasteiger partial charge >= 0.3 is 0 Å². The van der Waals surface area contributed by atoms with Crippen LogP contribution in [-0.2, 0) is 4.79 Å². The molecule has 0 radical (unpaired) electrons. The fourth-order valence-corrected chi connectivity index (χ4v) is 4.18. The number of carbonyl (C=O) groups is 2. The summed E-state index contributed by atoms with van der Waals surface area (Å²) in [6.45, 7) is 2.27. The molecule has 0 saturated carbocycles. The number of ether oxygens (including phenoxy) is 3. The first-order valence-corrected chi connectivity index (χ1v) is 11.6. The Balaban J connectivity index is 1.42. The van der Waals surface area contributed by atoms with Crippen LogP contribution in [0.15, 0.2) is 65.7 Å². The lowest BCUT2D eigenvalue weighted by Crippen LogP contribution is -2.32. The van der Waals surface area contributed by atoms with E-state index in [0.717, 1.165) is 28.4 Å². The van der Waals surface area contributed by atoms with Crippen LogP contribution in [0.25, 0.3) is 6.08 Å². The third kappa shape index (κ3) is 5.81. The number of thioether (sulfide) groups is 1. The average Bonchev–Trinajstić information content (AvgIpc) is 3.12. The van der Waals surface area contributed by atoms with Crippen LogP contribution in [0.2, 0.25) is 0 Å². The molecule has 1 aromatic heterocycles. The van der Waals surface area contributed by atoms with Gasteiger partial charge in [0, 0.05) is 12.1 Å². The van der Waals surface area contributed by atoms with E-state index in [1.54, 1.807) is 24.3 Å². The summed E-state index contributed by atoms with van der Waals surface area (Å²) < 4.78 is 16.7. The van der Waals surface area contributed by atoms with Gasteiger partial charge in [0.25, 0.3) is 16.8 Å². The van der Waals surface area contributed by atoms with Crippen LogP contribution >= 0.6 is 11.8 Å². The summed E-state index contributed by atoms with van der Waals surface area (Å²) in [5.74, 6) is 1.12. The molecule has 11 heteroatoms. The van der Waals surface area contributed by atoms with Crippen molar-refractivity contribution < 1.29 is 28.7 Å². The average molecular weight is 508 g/mol. The third-order valence-corrected chi connectivity index (χ3v) is 5.99. The largest absolute Gasteiger partial charge is 0.493 e. The van der Waals surface area contributed by atoms with E-state index in [-0.39, 0.29) is 34.9 Å². The van der Waals surface area contributed by atoms with Gasteiger partial charge in [0.05, 0.1) is 23.5 Å². The Kier molecular flexibility index (Phi) is 7.50. The number of imide groups is 1. The zero-order valence-corrected chi connectivity index (χ0v) is 20.2. The van der Waals surface area contributed by atoms with Gasteiger partial charge in [0.2, 0.25) is 5.88 Å². The second-order valence-corrected chi connectivity index (χ2v) is 8.62. The minimum atomic E-state index is -0.551. The van der Waals surface area contributed by atoms with Crippen molar-refractivity contribution in [3.63, 3.8) is 0 Å². The normalized spacial score (nSPS) is 14.3. The molecule has 36 heavy (non-hydrogen) atoms. The van der Waals surface area contributed by atoms with Gasteiger partial charge in [-0.05, 0) is 60.2 Å². The molecule has 1 fully saturated rings. The Morgan fingerprint density at radius 3 is 2.64 bits per heavy atom. The van der Waals surface area contributed by atoms with Crippen LogP contribution in [0.1, 0.15) is 11.1 Å². The molecule has 0 atom stereocenters. The topological polar surface area (TPSA) is 121 Å². The predicted octanol–water partition coefficient (Wildman–Crippen LogP) is 5.21. The number of aromatic nitrogens is 1. The van der Waals surface area contributed by atoms with Crippen LogP contribution < -0.4 is 14.2 Å². The van der Waals surface area contributed by atoms with E-state index >= 15 is 0 Å². The van der Waals surface area contributed by atoms with Crippen LogP contribution in [0.4, 0.5) is 10.5 Å². The maximum atomic E-state index is 12.8. The standard InChI is InChI=1S/C25H21N3O7S/c1-16-4-3-5-19(12-16)34-11-10-27-24(29)22(36-25(27)30)14-17-6-8-20(21(13-17)33-2)35-23-9-7-18(15-26-23)28(31)32/h3-9,12-15H,10-11H2,1-2H3/b22-14-. The van der Waals surface area contributed by atoms with Gasteiger partial charge in [0.15, 0.2) is 11.5 Å². The summed E-state index contributed by atoms with van der Waals surface area (Å²) in [7, 11) is 1.46. The molecule has 0 bridgehead atoms. The Labute approximate surface area is 210 Å². The van der Waals surface area contributed by atoms with Gasteiger partial charge < -0.3 is 14.2 Å². The minimum Gasteiger partial charge on any atom is -0.493 e. The van der Waals surface area contributed by atoms with Crippen molar-refractivity contribution in [2.45, 2.75) is 6.92 Å². The van der Waals surface area contributed by atoms with Crippen molar-refractivity contribution in [3.05, 3.63) is 86.9 Å². The van der Waals surface area contributed by atoms with Gasteiger partial charge in [-0.1, -0.05) is 18.2 Å². The SMILES string of the molecule is COc1cc(/C=C2\SC(=O)N(CCOc3cccc(C)c3)C2=O)ccc1Oc1ccc([N+](=O)[O-])cn1. The molecule has 0 spiro atoms. The lowest BCUT2D eigenvalue weighted by atomic mass is 10.2. The van der Waals surface area contributed by atoms with Gasteiger partial charge in [-0.15, -0.1) is 0 Å². The van der Waals surface area contributed by atoms with Crippen LogP contribution in [0, 0.1) is 17.0 Å². The summed E-state index contributed by atoms with van der Waals surface area (Å²) in [4.78, 5) is 40.8. The van der Waals surface area contributed by atoms with Crippen molar-refractivity contribution in [3.8, 4) is 23.1 Å². The van der Waals surface area contributed by atoms with Crippen molar-refractivity contribution >= 4 is 34.7 Å². The van der Waals surface area contributed by atoms with E-state index in [2.05, 4.69) is 4.98 Å². The van der Waals surface area contributed by atoms with Gasteiger partial charge in [-0.3, -0.25) is 24.6 Å². The number of aryl methyl sites for hydroxylation is 1. The van der Waals surface area contributed by atoms with Crippen LogP contribution in [0.3, 0.4) is 0 Å². The molecular weight excluding hydrogens is 486 g/mol. The molecule has 4 rings (SSSR count). The van der Waals surface area contributed by atoms with Gasteiger partial charge in [-0.2, -0.15) is 0 Å². The number of nitrogens with zero attached hydrogens (tertiary/aromatic N) is 3. The summed E-state index contributed by atoms with van der Waals surface area (Å²) in [6, 6.07) is 15.1. The minimum absolute atomic E-state index is 0.133. The lowest BCUT2D eigenvalue weighted by molar-refractivity contribution is -0.385. The van der Waals surface area contributed by atoms with E-state index < -0.39 is 10.8 Å². The first-order chi connectivity index (χ1) is 17.3. The molecule has 184 valence electrons. The molecule has 1 saturated heterocycles. The summed E-state index contributed by atoms with van der Waals surface area (Å²) in [5, 5.41) is 10.4. The summed E-state index contributed by atoms with van der Waals surface area (Å²) in [6.07, 6.45) is 2.70. The van der Waals surface area contributed by atoms with E-state index in [1.807, 2.05) is 31.2 Å². The zero-order valence-electron chi connectivity index (χ0n) is 19.4. The van der Waals surface area contributed by atoms with E-state index in [1.165, 1.54) is 19.2 Å². The number of hydrogen-bond donors (Lipinski definition) is 0. The van der Waals surface area contributed by atoms with Crippen LogP contribution in [-0.4, -0.2) is 46.2 Å². The molecule has 0 N–H and O–H groups in total. The number of amides is 2. The Bertz CT molecular complexity index is 1340. The predicted molar refractivity (Wildman–Crippen MR) is 133 cm³/mol. The van der Waals surface area contributed by atoms with Crippen molar-refractivity contribution in [1.29, 1.82) is 0 Å². The van der Waals surface area contributed by atoms with Crippen molar-refractivity contribution in [2.24, 2.45) is 0 Å². The van der Waals surface area contributed by atoms with E-state index in [0.29, 0.717) is 22.8 Å². The Hall–Kier alpha value is -4.38. The third-order valence-electron chi connectivity index (χ3n) is 5.08. The first-order valence-electron chi connectivity index (χ1n) is 10.8. The molecule has 0 unspecified atom stereocenters. The van der Waals surface area contributed by atoms with Crippen molar-refractivity contribution in [1.82, 2.24) is 9.88 Å². The van der Waals surface area contributed by atoms with E-state index in [4.69, 9.17) is 14.2 Å². The molecule has 2 aromatic carbocycles. The molecule has 1 aliphatic heterocycles. The highest BCUT2D eigenvalue weighted by molar-refractivity contribution is 8.18. The first kappa shape index (κ1) is 24.7. The lowest BCUT2D eigenvalue weighted by Gasteiger charge is -2.13. The number of nitro groups is 1. The van der Waals surface area contributed by atoms with Crippen LogP contribution in [0.5, 0.6) is 23.1 Å². The highest BCUT2D eigenvalue weighted by Crippen LogP contribution is 2.36. The fraction of sp³-hybridized carbons (Fsp3) is 0.160.